The first kappa shape index (κ1) is 27.4. The third kappa shape index (κ3) is 6.18. The number of fused-ring (bicyclic) bond motifs is 1. The Balaban J connectivity index is 1.48. The molecule has 0 aliphatic carbocycles. The van der Waals surface area contributed by atoms with E-state index in [1.807, 2.05) is 13.2 Å². The summed E-state index contributed by atoms with van der Waals surface area (Å²) < 4.78 is 61.4. The predicted octanol–water partition coefficient (Wildman–Crippen LogP) is 4.72. The summed E-state index contributed by atoms with van der Waals surface area (Å²) in [4.78, 5) is 17.7. The molecule has 5 rings (SSSR count). The molecule has 1 aromatic heterocycles. The molecule has 2 aliphatic heterocycles. The first-order valence-corrected chi connectivity index (χ1v) is 13.4. The molecule has 0 radical (unpaired) electrons. The van der Waals surface area contributed by atoms with Gasteiger partial charge in [-0.15, -0.1) is 0 Å². The van der Waals surface area contributed by atoms with Gasteiger partial charge in [0.1, 0.15) is 11.4 Å². The molecule has 0 bridgehead atoms. The Morgan fingerprint density at radius 1 is 1.23 bits per heavy atom. The zero-order valence-electron chi connectivity index (χ0n) is 21.0. The minimum Gasteiger partial charge on any atom is -0.370 e. The van der Waals surface area contributed by atoms with Crippen LogP contribution in [0.1, 0.15) is 39.6 Å². The fraction of sp³-hybridized carbons (Fsp3) is 0.370. The second kappa shape index (κ2) is 11.1. The van der Waals surface area contributed by atoms with Crippen LogP contribution in [0, 0.1) is 11.7 Å². The number of aromatic nitrogens is 2. The summed E-state index contributed by atoms with van der Waals surface area (Å²) in [6.07, 6.45) is -0.501. The second-order valence-electron chi connectivity index (χ2n) is 9.68. The minimum absolute atomic E-state index is 0.0266. The van der Waals surface area contributed by atoms with Gasteiger partial charge < -0.3 is 15.4 Å². The maximum atomic E-state index is 15.5. The van der Waals surface area contributed by atoms with Gasteiger partial charge in [-0.25, -0.2) is 9.38 Å². The van der Waals surface area contributed by atoms with Gasteiger partial charge in [0.05, 0.1) is 25.5 Å². The number of rotatable bonds is 6. The van der Waals surface area contributed by atoms with Gasteiger partial charge in [-0.3, -0.25) is 9.48 Å². The normalized spacial score (nSPS) is 23.2. The van der Waals surface area contributed by atoms with Crippen LogP contribution in [-0.2, 0) is 23.9 Å². The maximum Gasteiger partial charge on any atom is 0.401 e. The SMILES string of the molecule is Cn1cc([C@H]2C[C@H]3CSC(NC(=O)c4ccccc4)=N[C@@]3(c3cc(CNCC(F)(F)F)ccc3F)CO2)cn1. The van der Waals surface area contributed by atoms with Gasteiger partial charge in [0, 0.05) is 48.2 Å². The van der Waals surface area contributed by atoms with Crippen molar-refractivity contribution in [2.45, 2.75) is 30.8 Å². The van der Waals surface area contributed by atoms with Crippen LogP contribution in [0.4, 0.5) is 17.6 Å². The Labute approximate surface area is 227 Å². The van der Waals surface area contributed by atoms with Gasteiger partial charge in [-0.05, 0) is 36.2 Å². The number of aryl methyl sites for hydroxylation is 1. The molecule has 2 aliphatic rings. The van der Waals surface area contributed by atoms with E-state index in [1.54, 1.807) is 47.3 Å². The number of hydrogen-bond donors (Lipinski definition) is 2. The van der Waals surface area contributed by atoms with E-state index in [4.69, 9.17) is 9.73 Å². The van der Waals surface area contributed by atoms with E-state index in [-0.39, 0.29) is 36.6 Å². The smallest absolute Gasteiger partial charge is 0.370 e. The number of carbonyl (C=O) groups excluding carboxylic acids is 1. The number of amidine groups is 1. The highest BCUT2D eigenvalue weighted by molar-refractivity contribution is 8.13. The number of amides is 1. The Hall–Kier alpha value is -3.22. The zero-order chi connectivity index (χ0) is 27.6. The van der Waals surface area contributed by atoms with Crippen molar-refractivity contribution in [1.29, 1.82) is 0 Å². The van der Waals surface area contributed by atoms with E-state index in [2.05, 4.69) is 15.7 Å². The summed E-state index contributed by atoms with van der Waals surface area (Å²) in [6, 6.07) is 12.9. The van der Waals surface area contributed by atoms with E-state index >= 15 is 4.39 Å². The lowest BCUT2D eigenvalue weighted by Crippen LogP contribution is -2.49. The number of alkyl halides is 3. The van der Waals surface area contributed by atoms with Crippen LogP contribution >= 0.6 is 11.8 Å². The summed E-state index contributed by atoms with van der Waals surface area (Å²) in [7, 11) is 1.81. The van der Waals surface area contributed by atoms with E-state index < -0.39 is 24.1 Å². The van der Waals surface area contributed by atoms with E-state index in [0.717, 1.165) is 5.56 Å². The fourth-order valence-corrected chi connectivity index (χ4v) is 6.13. The second-order valence-corrected chi connectivity index (χ2v) is 10.7. The first-order chi connectivity index (χ1) is 18.6. The van der Waals surface area contributed by atoms with Gasteiger partial charge >= 0.3 is 6.18 Å². The Bertz CT molecular complexity index is 1360. The first-order valence-electron chi connectivity index (χ1n) is 12.4. The van der Waals surface area contributed by atoms with Crippen LogP contribution in [0.15, 0.2) is 65.9 Å². The van der Waals surface area contributed by atoms with E-state index in [1.165, 1.54) is 23.9 Å². The number of nitrogens with one attached hydrogen (secondary N) is 2. The molecule has 0 unspecified atom stereocenters. The highest BCUT2D eigenvalue weighted by atomic mass is 32.2. The van der Waals surface area contributed by atoms with Crippen molar-refractivity contribution in [1.82, 2.24) is 20.4 Å². The molecule has 3 heterocycles. The fourth-order valence-electron chi connectivity index (χ4n) is 4.97. The number of carbonyl (C=O) groups is 1. The number of benzene rings is 2. The molecular formula is C27H27F4N5O2S. The van der Waals surface area contributed by atoms with Crippen molar-refractivity contribution in [2.75, 3.05) is 18.9 Å². The topological polar surface area (TPSA) is 80.5 Å². The Kier molecular flexibility index (Phi) is 7.79. The number of ether oxygens (including phenoxy) is 1. The highest BCUT2D eigenvalue weighted by Gasteiger charge is 2.50. The average molecular weight is 562 g/mol. The minimum atomic E-state index is -4.36. The molecule has 0 spiro atoms. The lowest BCUT2D eigenvalue weighted by Gasteiger charge is -2.46. The summed E-state index contributed by atoms with van der Waals surface area (Å²) >= 11 is 1.38. The molecule has 3 atom stereocenters. The molecule has 1 fully saturated rings. The monoisotopic (exact) mass is 561 g/mol. The standard InChI is InChI=1S/C27H27F4N5O2S/c1-36-13-19(12-33-36)23-10-20-14-39-25(34-24(37)18-5-3-2-4-6-18)35-26(20,16-38-23)21-9-17(7-8-22(21)28)11-32-15-27(29,30)31/h2-9,12-13,20,23,32H,10-11,14-16H2,1H3,(H,34,35,37)/t20-,23+,26-/m0/s1. The molecule has 1 saturated heterocycles. The molecule has 39 heavy (non-hydrogen) atoms. The summed E-state index contributed by atoms with van der Waals surface area (Å²) in [5.41, 5.74) is 0.899. The predicted molar refractivity (Wildman–Crippen MR) is 140 cm³/mol. The van der Waals surface area contributed by atoms with Gasteiger partial charge in [-0.1, -0.05) is 36.0 Å². The average Bonchev–Trinajstić information content (AvgIpc) is 3.35. The number of halogens is 4. The number of thioether (sulfide) groups is 1. The number of aliphatic imine (C=N–C) groups is 1. The lowest BCUT2D eigenvalue weighted by atomic mass is 9.74. The van der Waals surface area contributed by atoms with Crippen molar-refractivity contribution in [2.24, 2.45) is 18.0 Å². The van der Waals surface area contributed by atoms with Crippen molar-refractivity contribution in [3.8, 4) is 0 Å². The zero-order valence-corrected chi connectivity index (χ0v) is 21.9. The number of nitrogens with zero attached hydrogens (tertiary/aromatic N) is 3. The molecular weight excluding hydrogens is 534 g/mol. The molecule has 2 aromatic carbocycles. The largest absolute Gasteiger partial charge is 0.401 e. The van der Waals surface area contributed by atoms with Crippen LogP contribution in [0.5, 0.6) is 0 Å². The summed E-state index contributed by atoms with van der Waals surface area (Å²) in [5.74, 6) is -0.519. The van der Waals surface area contributed by atoms with Crippen LogP contribution in [-0.4, -0.2) is 45.9 Å². The quantitative estimate of drug-likeness (QED) is 0.426. The summed E-state index contributed by atoms with van der Waals surface area (Å²) in [6.45, 7) is -1.23. The molecule has 12 heteroatoms. The maximum absolute atomic E-state index is 15.5. The summed E-state index contributed by atoms with van der Waals surface area (Å²) in [5, 5.41) is 9.76. The van der Waals surface area contributed by atoms with Gasteiger partial charge in [0.25, 0.3) is 5.91 Å². The van der Waals surface area contributed by atoms with Gasteiger partial charge in [0.2, 0.25) is 0 Å². The van der Waals surface area contributed by atoms with E-state index in [9.17, 15) is 18.0 Å². The van der Waals surface area contributed by atoms with Crippen molar-refractivity contribution < 1.29 is 27.1 Å². The van der Waals surface area contributed by atoms with Gasteiger partial charge in [-0.2, -0.15) is 18.3 Å². The molecule has 7 nitrogen and oxygen atoms in total. The highest BCUT2D eigenvalue weighted by Crippen LogP contribution is 2.50. The molecule has 2 N–H and O–H groups in total. The molecule has 3 aromatic rings. The Morgan fingerprint density at radius 3 is 2.74 bits per heavy atom. The van der Waals surface area contributed by atoms with Crippen LogP contribution in [0.2, 0.25) is 0 Å². The van der Waals surface area contributed by atoms with Crippen LogP contribution in [0.25, 0.3) is 0 Å². The molecule has 206 valence electrons. The number of hydrogen-bond acceptors (Lipinski definition) is 6. The Morgan fingerprint density at radius 2 is 2.03 bits per heavy atom. The van der Waals surface area contributed by atoms with Crippen molar-refractivity contribution >= 4 is 22.8 Å². The van der Waals surface area contributed by atoms with E-state index in [0.29, 0.717) is 28.5 Å². The molecule has 0 saturated carbocycles. The van der Waals surface area contributed by atoms with Crippen molar-refractivity contribution in [3.63, 3.8) is 0 Å². The third-order valence-corrected chi connectivity index (χ3v) is 7.94. The third-order valence-electron chi connectivity index (χ3n) is 6.91. The van der Waals surface area contributed by atoms with Gasteiger partial charge in [0.15, 0.2) is 5.17 Å². The van der Waals surface area contributed by atoms with Crippen LogP contribution in [0.3, 0.4) is 0 Å². The molecule has 1 amide bonds. The lowest BCUT2D eigenvalue weighted by molar-refractivity contribution is -0.125. The van der Waals surface area contributed by atoms with Crippen molar-refractivity contribution in [3.05, 3.63) is 89.0 Å². The van der Waals surface area contributed by atoms with Crippen LogP contribution < -0.4 is 10.6 Å².